The third-order valence-corrected chi connectivity index (χ3v) is 5.36. The molecular formula is C16H20FN3S. The number of rotatable bonds is 4. The fourth-order valence-corrected chi connectivity index (χ4v) is 3.93. The van der Waals surface area contributed by atoms with Crippen LogP contribution in [0.3, 0.4) is 0 Å². The minimum Gasteiger partial charge on any atom is -0.305 e. The molecular weight excluding hydrogens is 285 g/mol. The molecule has 1 fully saturated rings. The quantitative estimate of drug-likeness (QED) is 0.789. The number of benzene rings is 1. The van der Waals surface area contributed by atoms with Crippen LogP contribution in [0.25, 0.3) is 11.4 Å². The fraction of sp³-hybridized carbons (Fsp3) is 0.500. The van der Waals surface area contributed by atoms with Crippen LogP contribution in [0.5, 0.6) is 0 Å². The second kappa shape index (κ2) is 6.60. The summed E-state index contributed by atoms with van der Waals surface area (Å²) >= 11 is 1.79. The highest BCUT2D eigenvalue weighted by atomic mass is 32.2. The molecule has 0 aliphatic heterocycles. The Morgan fingerprint density at radius 3 is 2.57 bits per heavy atom. The van der Waals surface area contributed by atoms with Gasteiger partial charge in [0.2, 0.25) is 0 Å². The minimum absolute atomic E-state index is 0.229. The lowest BCUT2D eigenvalue weighted by Crippen LogP contribution is -2.09. The summed E-state index contributed by atoms with van der Waals surface area (Å²) in [6, 6.07) is 6.40. The van der Waals surface area contributed by atoms with Crippen molar-refractivity contribution >= 4 is 11.8 Å². The third-order valence-electron chi connectivity index (χ3n) is 4.11. The first-order valence-corrected chi connectivity index (χ1v) is 8.51. The molecule has 1 aromatic heterocycles. The van der Waals surface area contributed by atoms with Crippen molar-refractivity contribution in [3.05, 3.63) is 30.1 Å². The molecule has 3 rings (SSSR count). The van der Waals surface area contributed by atoms with E-state index in [2.05, 4.69) is 10.2 Å². The number of halogens is 1. The molecule has 1 aliphatic carbocycles. The topological polar surface area (TPSA) is 30.7 Å². The minimum atomic E-state index is -0.229. The van der Waals surface area contributed by atoms with Crippen molar-refractivity contribution in [3.63, 3.8) is 0 Å². The van der Waals surface area contributed by atoms with E-state index in [9.17, 15) is 4.39 Å². The zero-order valence-corrected chi connectivity index (χ0v) is 13.1. The van der Waals surface area contributed by atoms with E-state index in [1.165, 1.54) is 44.2 Å². The highest BCUT2D eigenvalue weighted by molar-refractivity contribution is 7.99. The van der Waals surface area contributed by atoms with E-state index < -0.39 is 0 Å². The van der Waals surface area contributed by atoms with Crippen LogP contribution in [0, 0.1) is 11.7 Å². The van der Waals surface area contributed by atoms with E-state index in [1.54, 1.807) is 23.9 Å². The number of thioether (sulfide) groups is 1. The standard InChI is InChI=1S/C16H20FN3S/c1-20-15(13-7-9-14(17)10-8-13)18-19-16(20)21-11-12-5-3-2-4-6-12/h7-10,12H,2-6,11H2,1H3. The highest BCUT2D eigenvalue weighted by Gasteiger charge is 2.16. The van der Waals surface area contributed by atoms with Crippen LogP contribution in [0.4, 0.5) is 4.39 Å². The molecule has 1 aliphatic rings. The fourth-order valence-electron chi connectivity index (χ4n) is 2.84. The van der Waals surface area contributed by atoms with Crippen molar-refractivity contribution in [2.45, 2.75) is 37.3 Å². The molecule has 2 aromatic rings. The van der Waals surface area contributed by atoms with Gasteiger partial charge in [-0.3, -0.25) is 0 Å². The van der Waals surface area contributed by atoms with E-state index >= 15 is 0 Å². The van der Waals surface area contributed by atoms with E-state index in [4.69, 9.17) is 0 Å². The van der Waals surface area contributed by atoms with E-state index in [1.807, 2.05) is 11.6 Å². The van der Waals surface area contributed by atoms with Gasteiger partial charge in [-0.05, 0) is 43.0 Å². The summed E-state index contributed by atoms with van der Waals surface area (Å²) in [5, 5.41) is 9.47. The van der Waals surface area contributed by atoms with Gasteiger partial charge in [0.25, 0.3) is 0 Å². The van der Waals surface area contributed by atoms with Crippen LogP contribution in [0.1, 0.15) is 32.1 Å². The molecule has 0 saturated heterocycles. The molecule has 1 heterocycles. The predicted octanol–water partition coefficient (Wildman–Crippen LogP) is 4.29. The highest BCUT2D eigenvalue weighted by Crippen LogP contribution is 2.30. The first-order chi connectivity index (χ1) is 10.2. The second-order valence-electron chi connectivity index (χ2n) is 5.69. The van der Waals surface area contributed by atoms with Crippen molar-refractivity contribution in [1.29, 1.82) is 0 Å². The Balaban J connectivity index is 1.68. The van der Waals surface area contributed by atoms with Gasteiger partial charge in [0.05, 0.1) is 0 Å². The largest absolute Gasteiger partial charge is 0.305 e. The van der Waals surface area contributed by atoms with Gasteiger partial charge >= 0.3 is 0 Å². The average Bonchev–Trinajstić information content (AvgIpc) is 2.88. The van der Waals surface area contributed by atoms with Gasteiger partial charge in [0.15, 0.2) is 11.0 Å². The van der Waals surface area contributed by atoms with Crippen LogP contribution >= 0.6 is 11.8 Å². The lowest BCUT2D eigenvalue weighted by molar-refractivity contribution is 0.390. The van der Waals surface area contributed by atoms with Crippen LogP contribution in [0.2, 0.25) is 0 Å². The summed E-state index contributed by atoms with van der Waals surface area (Å²) in [5.41, 5.74) is 0.899. The molecule has 21 heavy (non-hydrogen) atoms. The molecule has 3 nitrogen and oxygen atoms in total. The Kier molecular flexibility index (Phi) is 4.58. The maximum atomic E-state index is 13.0. The van der Waals surface area contributed by atoms with Crippen LogP contribution in [-0.2, 0) is 7.05 Å². The molecule has 0 unspecified atom stereocenters. The number of nitrogens with zero attached hydrogens (tertiary/aromatic N) is 3. The smallest absolute Gasteiger partial charge is 0.191 e. The van der Waals surface area contributed by atoms with Gasteiger partial charge in [-0.15, -0.1) is 10.2 Å². The van der Waals surface area contributed by atoms with Crippen molar-refractivity contribution in [3.8, 4) is 11.4 Å². The summed E-state index contributed by atoms with van der Waals surface area (Å²) in [6.45, 7) is 0. The molecule has 0 bridgehead atoms. The van der Waals surface area contributed by atoms with Crippen molar-refractivity contribution in [1.82, 2.24) is 14.8 Å². The first-order valence-electron chi connectivity index (χ1n) is 7.52. The van der Waals surface area contributed by atoms with Crippen LogP contribution in [-0.4, -0.2) is 20.5 Å². The molecule has 112 valence electrons. The third kappa shape index (κ3) is 3.46. The normalized spacial score (nSPS) is 16.3. The Morgan fingerprint density at radius 2 is 1.86 bits per heavy atom. The van der Waals surface area contributed by atoms with Gasteiger partial charge in [-0.25, -0.2) is 4.39 Å². The SMILES string of the molecule is Cn1c(SCC2CCCCC2)nnc1-c1ccc(F)cc1. The zero-order valence-electron chi connectivity index (χ0n) is 12.3. The summed E-state index contributed by atoms with van der Waals surface area (Å²) < 4.78 is 15.0. The van der Waals surface area contributed by atoms with Crippen LogP contribution in [0.15, 0.2) is 29.4 Å². The lowest BCUT2D eigenvalue weighted by Gasteiger charge is -2.20. The number of aromatic nitrogens is 3. The Bertz CT molecular complexity index is 588. The molecule has 0 amide bonds. The summed E-state index contributed by atoms with van der Waals surface area (Å²) in [4.78, 5) is 0. The first kappa shape index (κ1) is 14.6. The monoisotopic (exact) mass is 305 g/mol. The van der Waals surface area contributed by atoms with Gasteiger partial charge in [-0.1, -0.05) is 31.0 Å². The summed E-state index contributed by atoms with van der Waals surface area (Å²) in [5.74, 6) is 2.50. The van der Waals surface area contributed by atoms with Crippen molar-refractivity contribution in [2.24, 2.45) is 13.0 Å². The van der Waals surface area contributed by atoms with E-state index in [0.717, 1.165) is 28.2 Å². The van der Waals surface area contributed by atoms with Gasteiger partial charge in [0.1, 0.15) is 5.82 Å². The zero-order chi connectivity index (χ0) is 14.7. The Morgan fingerprint density at radius 1 is 1.14 bits per heavy atom. The van der Waals surface area contributed by atoms with E-state index in [0.29, 0.717) is 0 Å². The molecule has 1 aromatic carbocycles. The molecule has 0 atom stereocenters. The summed E-state index contributed by atoms with van der Waals surface area (Å²) in [7, 11) is 1.97. The van der Waals surface area contributed by atoms with Gasteiger partial charge in [0, 0.05) is 18.4 Å². The maximum absolute atomic E-state index is 13.0. The van der Waals surface area contributed by atoms with Gasteiger partial charge < -0.3 is 4.57 Å². The van der Waals surface area contributed by atoms with Crippen molar-refractivity contribution < 1.29 is 4.39 Å². The molecule has 1 saturated carbocycles. The molecule has 5 heteroatoms. The average molecular weight is 305 g/mol. The predicted molar refractivity (Wildman–Crippen MR) is 83.7 cm³/mol. The number of hydrogen-bond acceptors (Lipinski definition) is 3. The van der Waals surface area contributed by atoms with Gasteiger partial charge in [-0.2, -0.15) is 0 Å². The van der Waals surface area contributed by atoms with Crippen molar-refractivity contribution in [2.75, 3.05) is 5.75 Å². The van der Waals surface area contributed by atoms with Crippen LogP contribution < -0.4 is 0 Å². The lowest BCUT2D eigenvalue weighted by atomic mass is 9.91. The maximum Gasteiger partial charge on any atom is 0.191 e. The Hall–Kier alpha value is -1.36. The molecule has 0 spiro atoms. The van der Waals surface area contributed by atoms with E-state index in [-0.39, 0.29) is 5.82 Å². The summed E-state index contributed by atoms with van der Waals surface area (Å²) in [6.07, 6.45) is 6.81. The second-order valence-corrected chi connectivity index (χ2v) is 6.67. The Labute approximate surface area is 129 Å². The number of hydrogen-bond donors (Lipinski definition) is 0. The molecule has 0 N–H and O–H groups in total. The molecule has 0 radical (unpaired) electrons.